The van der Waals surface area contributed by atoms with Gasteiger partial charge in [0.15, 0.2) is 0 Å². The number of rotatable bonds is 6. The average Bonchev–Trinajstić information content (AvgIpc) is 2.36. The first-order valence-electron chi connectivity index (χ1n) is 5.65. The van der Waals surface area contributed by atoms with Crippen LogP contribution in [0.1, 0.15) is 18.9 Å². The highest BCUT2D eigenvalue weighted by molar-refractivity contribution is 5.81. The number of methoxy groups -OCH3 is 1. The highest BCUT2D eigenvalue weighted by atomic mass is 16.5. The molecule has 0 aliphatic heterocycles. The van der Waals surface area contributed by atoms with Gasteiger partial charge in [0.25, 0.3) is 0 Å². The van der Waals surface area contributed by atoms with E-state index in [1.807, 2.05) is 24.3 Å². The summed E-state index contributed by atoms with van der Waals surface area (Å²) in [7, 11) is 1.58. The third-order valence-corrected chi connectivity index (χ3v) is 2.54. The van der Waals surface area contributed by atoms with Crippen molar-refractivity contribution in [2.45, 2.75) is 19.9 Å². The van der Waals surface area contributed by atoms with E-state index in [9.17, 15) is 9.59 Å². The lowest BCUT2D eigenvalue weighted by Crippen LogP contribution is -2.26. The molecule has 0 aliphatic carbocycles. The second kappa shape index (κ2) is 6.64. The molecule has 1 unspecified atom stereocenters. The summed E-state index contributed by atoms with van der Waals surface area (Å²) in [6.07, 6.45) is -0.0146. The van der Waals surface area contributed by atoms with Crippen LogP contribution < -0.4 is 10.1 Å². The second-order valence-electron chi connectivity index (χ2n) is 4.07. The Balaban J connectivity index is 2.44. The quantitative estimate of drug-likeness (QED) is 0.801. The van der Waals surface area contributed by atoms with Gasteiger partial charge in [-0.1, -0.05) is 19.1 Å². The minimum absolute atomic E-state index is 0.0146. The number of hydrogen-bond acceptors (Lipinski definition) is 3. The lowest BCUT2D eigenvalue weighted by Gasteiger charge is -2.08. The molecule has 1 aromatic rings. The molecule has 0 bridgehead atoms. The van der Waals surface area contributed by atoms with Crippen molar-refractivity contribution in [3.63, 3.8) is 0 Å². The first-order valence-corrected chi connectivity index (χ1v) is 5.65. The molecule has 18 heavy (non-hydrogen) atoms. The van der Waals surface area contributed by atoms with Crippen LogP contribution in [0.4, 0.5) is 0 Å². The van der Waals surface area contributed by atoms with Crippen LogP contribution in [0.25, 0.3) is 0 Å². The Kier molecular flexibility index (Phi) is 5.17. The third-order valence-electron chi connectivity index (χ3n) is 2.54. The number of carboxylic acids is 1. The van der Waals surface area contributed by atoms with E-state index in [4.69, 9.17) is 9.84 Å². The molecule has 1 rings (SSSR count). The first kappa shape index (κ1) is 14.0. The summed E-state index contributed by atoms with van der Waals surface area (Å²) in [5.74, 6) is -1.18. The summed E-state index contributed by atoms with van der Waals surface area (Å²) in [5, 5.41) is 11.4. The minimum Gasteiger partial charge on any atom is -0.497 e. The standard InChI is InChI=1S/C13H17NO4/c1-9(13(16)17)6-12(15)14-8-10-4-3-5-11(7-10)18-2/h3-5,7,9H,6,8H2,1-2H3,(H,14,15)(H,16,17). The highest BCUT2D eigenvalue weighted by Crippen LogP contribution is 2.12. The zero-order chi connectivity index (χ0) is 13.5. The molecular weight excluding hydrogens is 234 g/mol. The van der Waals surface area contributed by atoms with Crippen molar-refractivity contribution in [1.29, 1.82) is 0 Å². The van der Waals surface area contributed by atoms with Gasteiger partial charge in [0.05, 0.1) is 13.0 Å². The molecule has 1 aromatic carbocycles. The van der Waals surface area contributed by atoms with Gasteiger partial charge in [-0.15, -0.1) is 0 Å². The molecule has 0 spiro atoms. The monoisotopic (exact) mass is 251 g/mol. The molecule has 98 valence electrons. The number of carboxylic acid groups (broad SMARTS) is 1. The number of carbonyl (C=O) groups is 2. The predicted octanol–water partition coefficient (Wildman–Crippen LogP) is 1.42. The maximum atomic E-state index is 11.5. The van der Waals surface area contributed by atoms with Crippen LogP contribution in [-0.2, 0) is 16.1 Å². The summed E-state index contributed by atoms with van der Waals surface area (Å²) in [5.41, 5.74) is 0.908. The van der Waals surface area contributed by atoms with Crippen LogP contribution in [0, 0.1) is 5.92 Å². The van der Waals surface area contributed by atoms with Crippen molar-refractivity contribution >= 4 is 11.9 Å². The largest absolute Gasteiger partial charge is 0.497 e. The Morgan fingerprint density at radius 3 is 2.78 bits per heavy atom. The Labute approximate surface area is 106 Å². The van der Waals surface area contributed by atoms with E-state index in [2.05, 4.69) is 5.32 Å². The van der Waals surface area contributed by atoms with Gasteiger partial charge in [0.1, 0.15) is 5.75 Å². The van der Waals surface area contributed by atoms with E-state index >= 15 is 0 Å². The zero-order valence-corrected chi connectivity index (χ0v) is 10.5. The van der Waals surface area contributed by atoms with Gasteiger partial charge >= 0.3 is 5.97 Å². The molecule has 1 atom stereocenters. The summed E-state index contributed by atoms with van der Waals surface area (Å²) >= 11 is 0. The van der Waals surface area contributed by atoms with Crippen LogP contribution in [0.15, 0.2) is 24.3 Å². The van der Waals surface area contributed by atoms with Crippen molar-refractivity contribution in [3.8, 4) is 5.75 Å². The van der Waals surface area contributed by atoms with Gasteiger partial charge in [-0.3, -0.25) is 9.59 Å². The number of carbonyl (C=O) groups excluding carboxylic acids is 1. The second-order valence-corrected chi connectivity index (χ2v) is 4.07. The van der Waals surface area contributed by atoms with Gasteiger partial charge in [-0.2, -0.15) is 0 Å². The summed E-state index contributed by atoms with van der Waals surface area (Å²) in [6, 6.07) is 7.34. The molecule has 2 N–H and O–H groups in total. The molecule has 0 saturated carbocycles. The molecule has 1 amide bonds. The molecule has 0 aromatic heterocycles. The number of aliphatic carboxylic acids is 1. The highest BCUT2D eigenvalue weighted by Gasteiger charge is 2.15. The number of benzene rings is 1. The first-order chi connectivity index (χ1) is 8.52. The molecule has 5 heteroatoms. The summed E-state index contributed by atoms with van der Waals surface area (Å²) in [4.78, 5) is 22.1. The lowest BCUT2D eigenvalue weighted by molar-refractivity contribution is -0.143. The van der Waals surface area contributed by atoms with Crippen LogP contribution in [0.5, 0.6) is 5.75 Å². The van der Waals surface area contributed by atoms with Crippen LogP contribution >= 0.6 is 0 Å². The smallest absolute Gasteiger partial charge is 0.306 e. The van der Waals surface area contributed by atoms with Gasteiger partial charge in [-0.05, 0) is 17.7 Å². The van der Waals surface area contributed by atoms with E-state index in [1.54, 1.807) is 7.11 Å². The molecule has 0 radical (unpaired) electrons. The zero-order valence-electron chi connectivity index (χ0n) is 10.5. The van der Waals surface area contributed by atoms with Gasteiger partial charge in [0, 0.05) is 13.0 Å². The number of nitrogens with one attached hydrogen (secondary N) is 1. The van der Waals surface area contributed by atoms with E-state index in [-0.39, 0.29) is 12.3 Å². The van der Waals surface area contributed by atoms with Crippen LogP contribution in [-0.4, -0.2) is 24.1 Å². The SMILES string of the molecule is COc1cccc(CNC(=O)CC(C)C(=O)O)c1. The van der Waals surface area contributed by atoms with Gasteiger partial charge < -0.3 is 15.2 Å². The maximum absolute atomic E-state index is 11.5. The summed E-state index contributed by atoms with van der Waals surface area (Å²) < 4.78 is 5.07. The third kappa shape index (κ3) is 4.45. The molecule has 0 saturated heterocycles. The van der Waals surface area contributed by atoms with E-state index < -0.39 is 11.9 Å². The van der Waals surface area contributed by atoms with Crippen LogP contribution in [0.2, 0.25) is 0 Å². The average molecular weight is 251 g/mol. The summed E-state index contributed by atoms with van der Waals surface area (Å²) in [6.45, 7) is 1.87. The Morgan fingerprint density at radius 2 is 2.17 bits per heavy atom. The lowest BCUT2D eigenvalue weighted by atomic mass is 10.1. The Bertz CT molecular complexity index is 431. The number of ether oxygens (including phenoxy) is 1. The van der Waals surface area contributed by atoms with Gasteiger partial charge in [0.2, 0.25) is 5.91 Å². The molecule has 0 fully saturated rings. The normalized spacial score (nSPS) is 11.7. The van der Waals surface area contributed by atoms with Crippen molar-refractivity contribution in [2.75, 3.05) is 7.11 Å². The van der Waals surface area contributed by atoms with Gasteiger partial charge in [-0.25, -0.2) is 0 Å². The topological polar surface area (TPSA) is 75.6 Å². The Hall–Kier alpha value is -2.04. The van der Waals surface area contributed by atoms with Crippen molar-refractivity contribution in [3.05, 3.63) is 29.8 Å². The molecule has 5 nitrogen and oxygen atoms in total. The molecule has 0 heterocycles. The number of hydrogen-bond donors (Lipinski definition) is 2. The predicted molar refractivity (Wildman–Crippen MR) is 66.3 cm³/mol. The van der Waals surface area contributed by atoms with Crippen molar-refractivity contribution in [2.24, 2.45) is 5.92 Å². The van der Waals surface area contributed by atoms with E-state index in [0.717, 1.165) is 11.3 Å². The van der Waals surface area contributed by atoms with Crippen LogP contribution in [0.3, 0.4) is 0 Å². The molecule has 0 aliphatic rings. The fourth-order valence-corrected chi connectivity index (χ4v) is 1.42. The number of amides is 1. The van der Waals surface area contributed by atoms with E-state index in [1.165, 1.54) is 6.92 Å². The fraction of sp³-hybridized carbons (Fsp3) is 0.385. The Morgan fingerprint density at radius 1 is 1.44 bits per heavy atom. The molecular formula is C13H17NO4. The van der Waals surface area contributed by atoms with E-state index in [0.29, 0.717) is 6.54 Å². The fourth-order valence-electron chi connectivity index (χ4n) is 1.42. The van der Waals surface area contributed by atoms with Crippen molar-refractivity contribution < 1.29 is 19.4 Å². The minimum atomic E-state index is -0.966. The van der Waals surface area contributed by atoms with Crippen molar-refractivity contribution in [1.82, 2.24) is 5.32 Å². The maximum Gasteiger partial charge on any atom is 0.306 e.